The van der Waals surface area contributed by atoms with Crippen LogP contribution in [0.4, 0.5) is 11.6 Å². The first-order valence-corrected chi connectivity index (χ1v) is 7.30. The molecule has 1 rings (SSSR count). The molecule has 0 saturated carbocycles. The first-order chi connectivity index (χ1) is 8.97. The lowest BCUT2D eigenvalue weighted by atomic mass is 10.2. The molecule has 0 spiro atoms. The molecule has 4 heteroatoms. The molecule has 0 aromatic carbocycles. The highest BCUT2D eigenvalue weighted by Crippen LogP contribution is 2.20. The topological polar surface area (TPSA) is 41.1 Å². The molecular formula is C15H28N4. The van der Waals surface area contributed by atoms with E-state index in [4.69, 9.17) is 4.98 Å². The Morgan fingerprint density at radius 2 is 1.89 bits per heavy atom. The van der Waals surface area contributed by atoms with E-state index in [0.717, 1.165) is 36.8 Å². The van der Waals surface area contributed by atoms with Crippen molar-refractivity contribution in [2.75, 3.05) is 23.8 Å². The highest BCUT2D eigenvalue weighted by molar-refractivity contribution is 5.49. The fraction of sp³-hybridized carbons (Fsp3) is 0.733. The summed E-state index contributed by atoms with van der Waals surface area (Å²) in [4.78, 5) is 11.6. The molecule has 4 nitrogen and oxygen atoms in total. The third kappa shape index (κ3) is 4.69. The van der Waals surface area contributed by atoms with Crippen molar-refractivity contribution in [3.05, 3.63) is 11.9 Å². The smallest absolute Gasteiger partial charge is 0.134 e. The van der Waals surface area contributed by atoms with Crippen LogP contribution in [-0.2, 0) is 6.42 Å². The largest absolute Gasteiger partial charge is 0.373 e. The molecule has 0 aliphatic carbocycles. The molecule has 0 unspecified atom stereocenters. The number of rotatable bonds is 7. The lowest BCUT2D eigenvalue weighted by Gasteiger charge is -2.30. The summed E-state index contributed by atoms with van der Waals surface area (Å²) in [5.41, 5.74) is 0. The van der Waals surface area contributed by atoms with E-state index in [1.807, 2.05) is 13.1 Å². The Morgan fingerprint density at radius 1 is 1.21 bits per heavy atom. The molecule has 0 aliphatic heterocycles. The van der Waals surface area contributed by atoms with Crippen LogP contribution in [0.15, 0.2) is 6.07 Å². The van der Waals surface area contributed by atoms with Gasteiger partial charge in [-0.1, -0.05) is 20.8 Å². The van der Waals surface area contributed by atoms with E-state index >= 15 is 0 Å². The monoisotopic (exact) mass is 264 g/mol. The highest BCUT2D eigenvalue weighted by atomic mass is 15.2. The molecule has 0 saturated heterocycles. The van der Waals surface area contributed by atoms with Crippen LogP contribution in [0.5, 0.6) is 0 Å². The molecule has 0 aliphatic rings. The van der Waals surface area contributed by atoms with Crippen molar-refractivity contribution in [2.24, 2.45) is 5.92 Å². The van der Waals surface area contributed by atoms with E-state index in [0.29, 0.717) is 12.0 Å². The first kappa shape index (κ1) is 15.7. The van der Waals surface area contributed by atoms with Crippen molar-refractivity contribution in [3.63, 3.8) is 0 Å². The lowest BCUT2D eigenvalue weighted by Crippen LogP contribution is -2.35. The SMILES string of the molecule is CCCc1nc(NC)cc(N(CC(C)C)C(C)C)n1. The van der Waals surface area contributed by atoms with Crippen molar-refractivity contribution in [3.8, 4) is 0 Å². The number of nitrogens with zero attached hydrogens (tertiary/aromatic N) is 3. The Morgan fingerprint density at radius 3 is 2.37 bits per heavy atom. The second kappa shape index (κ2) is 7.31. The molecular weight excluding hydrogens is 236 g/mol. The van der Waals surface area contributed by atoms with Crippen molar-refractivity contribution < 1.29 is 0 Å². The van der Waals surface area contributed by atoms with Gasteiger partial charge in [-0.25, -0.2) is 9.97 Å². The quantitative estimate of drug-likeness (QED) is 0.820. The van der Waals surface area contributed by atoms with Gasteiger partial charge in [0.1, 0.15) is 17.5 Å². The molecule has 0 bridgehead atoms. The summed E-state index contributed by atoms with van der Waals surface area (Å²) in [5, 5.41) is 3.14. The van der Waals surface area contributed by atoms with Gasteiger partial charge in [0.2, 0.25) is 0 Å². The summed E-state index contributed by atoms with van der Waals surface area (Å²) in [6.45, 7) is 12.1. The predicted molar refractivity (Wildman–Crippen MR) is 82.9 cm³/mol. The van der Waals surface area contributed by atoms with Gasteiger partial charge in [-0.3, -0.25) is 0 Å². The third-order valence-electron chi connectivity index (χ3n) is 2.97. The van der Waals surface area contributed by atoms with Crippen molar-refractivity contribution in [2.45, 2.75) is 53.5 Å². The molecule has 1 aromatic heterocycles. The molecule has 1 N–H and O–H groups in total. The molecule has 1 heterocycles. The molecule has 0 amide bonds. The zero-order chi connectivity index (χ0) is 14.4. The maximum Gasteiger partial charge on any atom is 0.134 e. The summed E-state index contributed by atoms with van der Waals surface area (Å²) in [5.74, 6) is 3.48. The average Bonchev–Trinajstić information content (AvgIpc) is 2.35. The van der Waals surface area contributed by atoms with Crippen LogP contribution in [0.3, 0.4) is 0 Å². The number of hydrogen-bond donors (Lipinski definition) is 1. The summed E-state index contributed by atoms with van der Waals surface area (Å²) < 4.78 is 0. The Kier molecular flexibility index (Phi) is 6.06. The van der Waals surface area contributed by atoms with E-state index in [2.05, 4.69) is 49.8 Å². The van der Waals surface area contributed by atoms with Crippen LogP contribution in [-0.4, -0.2) is 29.6 Å². The Hall–Kier alpha value is -1.32. The van der Waals surface area contributed by atoms with Crippen LogP contribution in [0, 0.1) is 5.92 Å². The fourth-order valence-electron chi connectivity index (χ4n) is 2.06. The van der Waals surface area contributed by atoms with Gasteiger partial charge < -0.3 is 10.2 Å². The van der Waals surface area contributed by atoms with Crippen molar-refractivity contribution in [1.82, 2.24) is 9.97 Å². The number of aryl methyl sites for hydroxylation is 1. The third-order valence-corrected chi connectivity index (χ3v) is 2.97. The van der Waals surface area contributed by atoms with Crippen LogP contribution < -0.4 is 10.2 Å². The highest BCUT2D eigenvalue weighted by Gasteiger charge is 2.15. The van der Waals surface area contributed by atoms with Gasteiger partial charge in [0.25, 0.3) is 0 Å². The van der Waals surface area contributed by atoms with Gasteiger partial charge >= 0.3 is 0 Å². The van der Waals surface area contributed by atoms with Gasteiger partial charge in [0.15, 0.2) is 0 Å². The van der Waals surface area contributed by atoms with E-state index in [1.54, 1.807) is 0 Å². The minimum Gasteiger partial charge on any atom is -0.373 e. The average molecular weight is 264 g/mol. The Labute approximate surface area is 117 Å². The first-order valence-electron chi connectivity index (χ1n) is 7.30. The number of anilines is 2. The van der Waals surface area contributed by atoms with Crippen molar-refractivity contribution in [1.29, 1.82) is 0 Å². The van der Waals surface area contributed by atoms with Crippen molar-refractivity contribution >= 4 is 11.6 Å². The summed E-state index contributed by atoms with van der Waals surface area (Å²) in [6.07, 6.45) is 1.99. The van der Waals surface area contributed by atoms with Crippen LogP contribution in [0.2, 0.25) is 0 Å². The van der Waals surface area contributed by atoms with Crippen LogP contribution in [0.25, 0.3) is 0 Å². The molecule has 0 radical (unpaired) electrons. The summed E-state index contributed by atoms with van der Waals surface area (Å²) in [6, 6.07) is 2.48. The standard InChI is InChI=1S/C15H28N4/c1-7-8-13-17-14(16-6)9-15(18-13)19(12(4)5)10-11(2)3/h9,11-12H,7-8,10H2,1-6H3,(H,16,17,18). The Bertz CT molecular complexity index is 388. The van der Waals surface area contributed by atoms with Gasteiger partial charge in [-0.05, 0) is 26.2 Å². The van der Waals surface area contributed by atoms with Gasteiger partial charge in [-0.2, -0.15) is 0 Å². The minimum absolute atomic E-state index is 0.441. The lowest BCUT2D eigenvalue weighted by molar-refractivity contribution is 0.564. The normalized spacial score (nSPS) is 11.2. The second-order valence-corrected chi connectivity index (χ2v) is 5.67. The predicted octanol–water partition coefficient (Wildman–Crippen LogP) is 3.34. The number of nitrogens with one attached hydrogen (secondary N) is 1. The van der Waals surface area contributed by atoms with Gasteiger partial charge in [-0.15, -0.1) is 0 Å². The maximum absolute atomic E-state index is 4.72. The summed E-state index contributed by atoms with van der Waals surface area (Å²) >= 11 is 0. The van der Waals surface area contributed by atoms with E-state index in [-0.39, 0.29) is 0 Å². The van der Waals surface area contributed by atoms with E-state index < -0.39 is 0 Å². The molecule has 19 heavy (non-hydrogen) atoms. The number of aromatic nitrogens is 2. The zero-order valence-electron chi connectivity index (χ0n) is 13.2. The Balaban J connectivity index is 3.09. The molecule has 1 aromatic rings. The number of hydrogen-bond acceptors (Lipinski definition) is 4. The minimum atomic E-state index is 0.441. The zero-order valence-corrected chi connectivity index (χ0v) is 13.2. The molecule has 0 fully saturated rings. The maximum atomic E-state index is 4.72. The van der Waals surface area contributed by atoms with Crippen LogP contribution in [0.1, 0.15) is 46.9 Å². The summed E-state index contributed by atoms with van der Waals surface area (Å²) in [7, 11) is 1.91. The van der Waals surface area contributed by atoms with Gasteiger partial charge in [0, 0.05) is 32.1 Å². The van der Waals surface area contributed by atoms with Crippen LogP contribution >= 0.6 is 0 Å². The molecule has 0 atom stereocenters. The second-order valence-electron chi connectivity index (χ2n) is 5.67. The molecule has 108 valence electrons. The van der Waals surface area contributed by atoms with Gasteiger partial charge in [0.05, 0.1) is 0 Å². The van der Waals surface area contributed by atoms with E-state index in [9.17, 15) is 0 Å². The fourth-order valence-corrected chi connectivity index (χ4v) is 2.06. The van der Waals surface area contributed by atoms with E-state index in [1.165, 1.54) is 0 Å².